The van der Waals surface area contributed by atoms with Crippen molar-refractivity contribution < 1.29 is 18.1 Å². The van der Waals surface area contributed by atoms with Crippen LogP contribution in [-0.2, 0) is 16.6 Å². The molecule has 0 aliphatic rings. The number of aromatic nitrogens is 1. The summed E-state index contributed by atoms with van der Waals surface area (Å²) in [6, 6.07) is 16.9. The highest BCUT2D eigenvalue weighted by atomic mass is 32.2. The SMILES string of the molecule is CC[NH+](CCNS(=O)(=O)c1ccc(OC)c2ncccc12)Cc1ccccc1. The molecule has 7 heteroatoms. The minimum absolute atomic E-state index is 0.220. The number of hydrogen-bond donors (Lipinski definition) is 2. The Kier molecular flexibility index (Phi) is 6.61. The largest absolute Gasteiger partial charge is 0.494 e. The lowest BCUT2D eigenvalue weighted by Gasteiger charge is -2.18. The maximum Gasteiger partial charge on any atom is 0.241 e. The zero-order valence-corrected chi connectivity index (χ0v) is 17.0. The minimum Gasteiger partial charge on any atom is -0.494 e. The molecule has 0 saturated heterocycles. The Morgan fingerprint density at radius 3 is 2.57 bits per heavy atom. The predicted molar refractivity (Wildman–Crippen MR) is 110 cm³/mol. The van der Waals surface area contributed by atoms with Crippen molar-refractivity contribution in [3.63, 3.8) is 0 Å². The molecule has 6 nitrogen and oxygen atoms in total. The van der Waals surface area contributed by atoms with Gasteiger partial charge in [-0.2, -0.15) is 0 Å². The Labute approximate surface area is 166 Å². The molecule has 3 aromatic rings. The Morgan fingerprint density at radius 2 is 1.86 bits per heavy atom. The lowest BCUT2D eigenvalue weighted by atomic mass is 10.2. The van der Waals surface area contributed by atoms with Gasteiger partial charge in [-0.3, -0.25) is 4.98 Å². The molecule has 0 aliphatic carbocycles. The maximum absolute atomic E-state index is 12.9. The molecular formula is C21H26N3O3S+. The second-order valence-corrected chi connectivity index (χ2v) is 8.31. The van der Waals surface area contributed by atoms with Gasteiger partial charge in [0.1, 0.15) is 17.8 Å². The number of quaternary nitrogens is 1. The third kappa shape index (κ3) is 4.67. The monoisotopic (exact) mass is 400 g/mol. The van der Waals surface area contributed by atoms with Crippen LogP contribution >= 0.6 is 0 Å². The van der Waals surface area contributed by atoms with Crippen LogP contribution in [0.5, 0.6) is 5.75 Å². The predicted octanol–water partition coefficient (Wildman–Crippen LogP) is 1.63. The highest BCUT2D eigenvalue weighted by Crippen LogP contribution is 2.28. The van der Waals surface area contributed by atoms with E-state index < -0.39 is 10.0 Å². The fourth-order valence-corrected chi connectivity index (χ4v) is 4.46. The van der Waals surface area contributed by atoms with E-state index in [1.807, 2.05) is 18.2 Å². The summed E-state index contributed by atoms with van der Waals surface area (Å²) < 4.78 is 33.8. The van der Waals surface area contributed by atoms with Gasteiger partial charge in [-0.15, -0.1) is 0 Å². The molecule has 1 atom stereocenters. The molecule has 0 saturated carbocycles. The van der Waals surface area contributed by atoms with Crippen LogP contribution in [0.1, 0.15) is 12.5 Å². The summed E-state index contributed by atoms with van der Waals surface area (Å²) in [7, 11) is -2.10. The molecule has 1 heterocycles. The maximum atomic E-state index is 12.9. The van der Waals surface area contributed by atoms with E-state index in [2.05, 4.69) is 28.8 Å². The van der Waals surface area contributed by atoms with Crippen LogP contribution in [0.25, 0.3) is 10.9 Å². The smallest absolute Gasteiger partial charge is 0.241 e. The van der Waals surface area contributed by atoms with Gasteiger partial charge >= 0.3 is 0 Å². The van der Waals surface area contributed by atoms with Crippen molar-refractivity contribution >= 4 is 20.9 Å². The van der Waals surface area contributed by atoms with Crippen molar-refractivity contribution in [2.75, 3.05) is 26.7 Å². The van der Waals surface area contributed by atoms with E-state index in [0.717, 1.165) is 13.1 Å². The lowest BCUT2D eigenvalue weighted by molar-refractivity contribution is -0.910. The first kappa shape index (κ1) is 20.3. The van der Waals surface area contributed by atoms with Gasteiger partial charge < -0.3 is 9.64 Å². The standard InChI is InChI=1S/C21H25N3O3S/c1-3-24(16-17-8-5-4-6-9-17)15-14-23-28(25,26)20-12-11-19(27-2)21-18(20)10-7-13-22-21/h4-13,23H,3,14-16H2,1-2H3/p+1. The number of nitrogens with zero attached hydrogens (tertiary/aromatic N) is 1. The summed E-state index contributed by atoms with van der Waals surface area (Å²) in [5, 5.41) is 0.554. The average Bonchev–Trinajstić information content (AvgIpc) is 2.72. The van der Waals surface area contributed by atoms with E-state index in [9.17, 15) is 8.42 Å². The summed E-state index contributed by atoms with van der Waals surface area (Å²) in [6.45, 7) is 4.97. The lowest BCUT2D eigenvalue weighted by Crippen LogP contribution is -3.11. The van der Waals surface area contributed by atoms with Crippen LogP contribution in [-0.4, -0.2) is 40.1 Å². The molecule has 0 radical (unpaired) electrons. The van der Waals surface area contributed by atoms with E-state index in [1.54, 1.807) is 37.6 Å². The van der Waals surface area contributed by atoms with Crippen LogP contribution in [0.4, 0.5) is 0 Å². The van der Waals surface area contributed by atoms with Gasteiger partial charge in [-0.05, 0) is 31.2 Å². The molecule has 0 spiro atoms. The third-order valence-corrected chi connectivity index (χ3v) is 6.29. The van der Waals surface area contributed by atoms with E-state index >= 15 is 0 Å². The number of benzene rings is 2. The van der Waals surface area contributed by atoms with Crippen LogP contribution in [0.2, 0.25) is 0 Å². The number of fused-ring (bicyclic) bond motifs is 1. The Balaban J connectivity index is 1.71. The van der Waals surface area contributed by atoms with Crippen molar-refractivity contribution in [2.24, 2.45) is 0 Å². The number of ether oxygens (including phenoxy) is 1. The van der Waals surface area contributed by atoms with Crippen molar-refractivity contribution in [3.8, 4) is 5.75 Å². The fourth-order valence-electron chi connectivity index (χ4n) is 3.23. The van der Waals surface area contributed by atoms with E-state index in [1.165, 1.54) is 10.5 Å². The number of pyridine rings is 1. The molecule has 2 N–H and O–H groups in total. The number of sulfonamides is 1. The van der Waals surface area contributed by atoms with Gasteiger partial charge in [-0.25, -0.2) is 13.1 Å². The van der Waals surface area contributed by atoms with Gasteiger partial charge in [0.05, 0.1) is 31.6 Å². The molecule has 2 aromatic carbocycles. The van der Waals surface area contributed by atoms with Crippen LogP contribution in [0, 0.1) is 0 Å². The Hall–Kier alpha value is -2.48. The molecule has 148 valence electrons. The van der Waals surface area contributed by atoms with Gasteiger partial charge in [0.25, 0.3) is 0 Å². The summed E-state index contributed by atoms with van der Waals surface area (Å²) >= 11 is 0. The number of likely N-dealkylation sites (N-methyl/N-ethyl adjacent to an activating group) is 1. The van der Waals surface area contributed by atoms with Crippen molar-refractivity contribution in [2.45, 2.75) is 18.4 Å². The number of hydrogen-bond acceptors (Lipinski definition) is 4. The molecule has 0 fully saturated rings. The van der Waals surface area contributed by atoms with Crippen molar-refractivity contribution in [1.29, 1.82) is 0 Å². The molecule has 1 aromatic heterocycles. The van der Waals surface area contributed by atoms with E-state index in [-0.39, 0.29) is 4.90 Å². The average molecular weight is 401 g/mol. The number of methoxy groups -OCH3 is 1. The molecule has 1 unspecified atom stereocenters. The number of nitrogens with one attached hydrogen (secondary N) is 2. The molecule has 3 rings (SSSR count). The Morgan fingerprint density at radius 1 is 1.07 bits per heavy atom. The Bertz CT molecular complexity index is 1020. The normalized spacial score (nSPS) is 12.8. The van der Waals surface area contributed by atoms with Crippen molar-refractivity contribution in [3.05, 3.63) is 66.4 Å². The number of rotatable bonds is 9. The molecule has 28 heavy (non-hydrogen) atoms. The third-order valence-electron chi connectivity index (χ3n) is 4.77. The summed E-state index contributed by atoms with van der Waals surface area (Å²) in [6.07, 6.45) is 1.63. The zero-order valence-electron chi connectivity index (χ0n) is 16.2. The van der Waals surface area contributed by atoms with Crippen LogP contribution < -0.4 is 14.4 Å². The van der Waals surface area contributed by atoms with Gasteiger partial charge in [0.2, 0.25) is 10.0 Å². The zero-order chi connectivity index (χ0) is 20.0. The summed E-state index contributed by atoms with van der Waals surface area (Å²) in [5.74, 6) is 0.555. The van der Waals surface area contributed by atoms with Crippen LogP contribution in [0.15, 0.2) is 65.7 Å². The highest BCUT2D eigenvalue weighted by molar-refractivity contribution is 7.89. The van der Waals surface area contributed by atoms with E-state index in [4.69, 9.17) is 4.74 Å². The molecular weight excluding hydrogens is 374 g/mol. The summed E-state index contributed by atoms with van der Waals surface area (Å²) in [5.41, 5.74) is 1.78. The first-order valence-corrected chi connectivity index (χ1v) is 10.8. The molecule has 0 amide bonds. The van der Waals surface area contributed by atoms with Crippen molar-refractivity contribution in [1.82, 2.24) is 9.71 Å². The van der Waals surface area contributed by atoms with Gasteiger partial charge in [-0.1, -0.05) is 30.3 Å². The van der Waals surface area contributed by atoms with E-state index in [0.29, 0.717) is 29.7 Å². The quantitative estimate of drug-likeness (QED) is 0.573. The summed E-state index contributed by atoms with van der Waals surface area (Å²) in [4.78, 5) is 5.81. The molecule has 0 bridgehead atoms. The second kappa shape index (κ2) is 9.14. The first-order chi connectivity index (χ1) is 13.5. The minimum atomic E-state index is -3.65. The van der Waals surface area contributed by atoms with Crippen LogP contribution in [0.3, 0.4) is 0 Å². The second-order valence-electron chi connectivity index (χ2n) is 6.58. The topological polar surface area (TPSA) is 72.7 Å². The molecule has 0 aliphatic heterocycles. The van der Waals surface area contributed by atoms with Gasteiger partial charge in [0.15, 0.2) is 0 Å². The fraction of sp³-hybridized carbons (Fsp3) is 0.286. The highest BCUT2D eigenvalue weighted by Gasteiger charge is 2.20. The van der Waals surface area contributed by atoms with Gasteiger partial charge in [0, 0.05) is 17.1 Å². The first-order valence-electron chi connectivity index (χ1n) is 9.34.